The van der Waals surface area contributed by atoms with Crippen LogP contribution in [0.15, 0.2) is 22.7 Å². The summed E-state index contributed by atoms with van der Waals surface area (Å²) in [4.78, 5) is 14.6. The van der Waals surface area contributed by atoms with Crippen molar-refractivity contribution in [3.8, 4) is 0 Å². The van der Waals surface area contributed by atoms with Gasteiger partial charge in [-0.15, -0.1) is 0 Å². The van der Waals surface area contributed by atoms with Gasteiger partial charge in [0.2, 0.25) is 0 Å². The summed E-state index contributed by atoms with van der Waals surface area (Å²) in [7, 11) is 0. The fourth-order valence-electron chi connectivity index (χ4n) is 2.55. The van der Waals surface area contributed by atoms with Gasteiger partial charge in [0.15, 0.2) is 0 Å². The maximum Gasteiger partial charge on any atom is 0.253 e. The Morgan fingerprint density at radius 3 is 2.75 bits per heavy atom. The first kappa shape index (κ1) is 15.8. The van der Waals surface area contributed by atoms with Crippen LogP contribution in [0.25, 0.3) is 0 Å². The van der Waals surface area contributed by atoms with E-state index < -0.39 is 0 Å². The summed E-state index contributed by atoms with van der Waals surface area (Å²) in [5.74, 6) is -0.105. The van der Waals surface area contributed by atoms with Gasteiger partial charge in [0.1, 0.15) is 0 Å². The van der Waals surface area contributed by atoms with Crippen molar-refractivity contribution in [3.05, 3.63) is 33.3 Å². The number of amides is 1. The van der Waals surface area contributed by atoms with E-state index in [9.17, 15) is 4.79 Å². The smallest absolute Gasteiger partial charge is 0.253 e. The number of rotatable bonds is 4. The zero-order valence-electron chi connectivity index (χ0n) is 11.7. The van der Waals surface area contributed by atoms with Gasteiger partial charge >= 0.3 is 0 Å². The van der Waals surface area contributed by atoms with Crippen molar-refractivity contribution in [1.29, 1.82) is 0 Å². The summed E-state index contributed by atoms with van der Waals surface area (Å²) in [6.45, 7) is 5.22. The lowest BCUT2D eigenvalue weighted by Crippen LogP contribution is -2.43. The Morgan fingerprint density at radius 1 is 1.40 bits per heavy atom. The highest BCUT2D eigenvalue weighted by atomic mass is 79.9. The normalized spacial score (nSPS) is 17.8. The standard InChI is InChI=1S/C15H20BrClN2O/c1-11(10-19-7-3-2-4-8-19)18-15(20)13-6-5-12(16)9-14(13)17/h5-6,9,11H,2-4,7-8,10H2,1H3,(H,18,20). The van der Waals surface area contributed by atoms with Gasteiger partial charge in [0, 0.05) is 17.1 Å². The van der Waals surface area contributed by atoms with Gasteiger partial charge in [-0.25, -0.2) is 0 Å². The Balaban J connectivity index is 1.89. The quantitative estimate of drug-likeness (QED) is 0.889. The van der Waals surface area contributed by atoms with E-state index in [0.717, 1.165) is 24.1 Å². The largest absolute Gasteiger partial charge is 0.348 e. The molecular weight excluding hydrogens is 340 g/mol. The Kier molecular flexibility index (Phi) is 5.87. The van der Waals surface area contributed by atoms with Gasteiger partial charge < -0.3 is 10.2 Å². The van der Waals surface area contributed by atoms with Crippen molar-refractivity contribution in [1.82, 2.24) is 10.2 Å². The predicted molar refractivity (Wildman–Crippen MR) is 86.4 cm³/mol. The molecule has 3 nitrogen and oxygen atoms in total. The van der Waals surface area contributed by atoms with Gasteiger partial charge in [-0.2, -0.15) is 0 Å². The number of carbonyl (C=O) groups excluding carboxylic acids is 1. The van der Waals surface area contributed by atoms with Gasteiger partial charge in [-0.3, -0.25) is 4.79 Å². The summed E-state index contributed by atoms with van der Waals surface area (Å²) in [6, 6.07) is 5.44. The van der Waals surface area contributed by atoms with Crippen molar-refractivity contribution in [2.24, 2.45) is 0 Å². The van der Waals surface area contributed by atoms with Crippen molar-refractivity contribution >= 4 is 33.4 Å². The predicted octanol–water partition coefficient (Wildman–Crippen LogP) is 3.71. The molecule has 0 bridgehead atoms. The molecule has 1 saturated heterocycles. The SMILES string of the molecule is CC(CN1CCCCC1)NC(=O)c1ccc(Br)cc1Cl. The van der Waals surface area contributed by atoms with E-state index in [1.54, 1.807) is 12.1 Å². The molecule has 0 saturated carbocycles. The van der Waals surface area contributed by atoms with Crippen LogP contribution in [0.5, 0.6) is 0 Å². The number of hydrogen-bond donors (Lipinski definition) is 1. The highest BCUT2D eigenvalue weighted by Crippen LogP contribution is 2.21. The molecular formula is C15H20BrClN2O. The second-order valence-corrected chi connectivity index (χ2v) is 6.68. The zero-order valence-corrected chi connectivity index (χ0v) is 14.0. The van der Waals surface area contributed by atoms with E-state index in [-0.39, 0.29) is 11.9 Å². The first-order valence-electron chi connectivity index (χ1n) is 7.04. The minimum absolute atomic E-state index is 0.105. The van der Waals surface area contributed by atoms with Crippen LogP contribution in [0.4, 0.5) is 0 Å². The summed E-state index contributed by atoms with van der Waals surface area (Å²) >= 11 is 9.44. The van der Waals surface area contributed by atoms with Gasteiger partial charge in [-0.05, 0) is 51.1 Å². The van der Waals surface area contributed by atoms with E-state index in [4.69, 9.17) is 11.6 Å². The van der Waals surface area contributed by atoms with Gasteiger partial charge in [0.05, 0.1) is 10.6 Å². The molecule has 0 radical (unpaired) electrons. The van der Waals surface area contributed by atoms with Crippen LogP contribution < -0.4 is 5.32 Å². The highest BCUT2D eigenvalue weighted by molar-refractivity contribution is 9.10. The topological polar surface area (TPSA) is 32.3 Å². The minimum atomic E-state index is -0.105. The lowest BCUT2D eigenvalue weighted by Gasteiger charge is -2.29. The van der Waals surface area contributed by atoms with Crippen LogP contribution in [0.3, 0.4) is 0 Å². The molecule has 1 amide bonds. The summed E-state index contributed by atoms with van der Waals surface area (Å²) in [6.07, 6.45) is 3.85. The fourth-order valence-corrected chi connectivity index (χ4v) is 3.31. The third-order valence-corrected chi connectivity index (χ3v) is 4.34. The maximum absolute atomic E-state index is 12.2. The number of hydrogen-bond acceptors (Lipinski definition) is 2. The van der Waals surface area contributed by atoms with Crippen LogP contribution in [0.1, 0.15) is 36.5 Å². The lowest BCUT2D eigenvalue weighted by molar-refractivity contribution is 0.0926. The molecule has 1 aliphatic rings. The van der Waals surface area contributed by atoms with Crippen molar-refractivity contribution in [3.63, 3.8) is 0 Å². The third kappa shape index (κ3) is 4.47. The number of nitrogens with zero attached hydrogens (tertiary/aromatic N) is 1. The van der Waals surface area contributed by atoms with E-state index in [0.29, 0.717) is 10.6 Å². The molecule has 0 spiro atoms. The van der Waals surface area contributed by atoms with Crippen LogP contribution in [0.2, 0.25) is 5.02 Å². The lowest BCUT2D eigenvalue weighted by atomic mass is 10.1. The first-order chi connectivity index (χ1) is 9.56. The molecule has 110 valence electrons. The molecule has 1 aromatic rings. The monoisotopic (exact) mass is 358 g/mol. The van der Waals surface area contributed by atoms with Crippen LogP contribution >= 0.6 is 27.5 Å². The number of benzene rings is 1. The summed E-state index contributed by atoms with van der Waals surface area (Å²) < 4.78 is 0.875. The maximum atomic E-state index is 12.2. The zero-order chi connectivity index (χ0) is 14.5. The average molecular weight is 360 g/mol. The van der Waals surface area contributed by atoms with Crippen molar-refractivity contribution < 1.29 is 4.79 Å². The molecule has 5 heteroatoms. The second kappa shape index (κ2) is 7.43. The number of nitrogens with one attached hydrogen (secondary N) is 1. The molecule has 1 aliphatic heterocycles. The Hall–Kier alpha value is -0.580. The molecule has 1 unspecified atom stereocenters. The van der Waals surface area contributed by atoms with Gasteiger partial charge in [-0.1, -0.05) is 34.0 Å². The number of halogens is 2. The number of carbonyl (C=O) groups is 1. The molecule has 1 heterocycles. The molecule has 0 aliphatic carbocycles. The van der Waals surface area contributed by atoms with Crippen molar-refractivity contribution in [2.75, 3.05) is 19.6 Å². The van der Waals surface area contributed by atoms with E-state index in [2.05, 4.69) is 26.1 Å². The molecule has 2 rings (SSSR count). The highest BCUT2D eigenvalue weighted by Gasteiger charge is 2.17. The molecule has 0 aromatic heterocycles. The summed E-state index contributed by atoms with van der Waals surface area (Å²) in [5, 5.41) is 3.50. The van der Waals surface area contributed by atoms with Crippen LogP contribution in [-0.4, -0.2) is 36.5 Å². The minimum Gasteiger partial charge on any atom is -0.348 e. The Bertz CT molecular complexity index is 475. The van der Waals surface area contributed by atoms with Gasteiger partial charge in [0.25, 0.3) is 5.91 Å². The van der Waals surface area contributed by atoms with Crippen LogP contribution in [-0.2, 0) is 0 Å². The van der Waals surface area contributed by atoms with Crippen LogP contribution in [0, 0.1) is 0 Å². The molecule has 1 fully saturated rings. The number of likely N-dealkylation sites (tertiary alicyclic amines) is 1. The molecule has 1 N–H and O–H groups in total. The third-order valence-electron chi connectivity index (χ3n) is 3.53. The Morgan fingerprint density at radius 2 is 2.10 bits per heavy atom. The molecule has 1 atom stereocenters. The van der Waals surface area contributed by atoms with E-state index in [1.165, 1.54) is 19.3 Å². The Labute approximate surface area is 133 Å². The average Bonchev–Trinajstić information content (AvgIpc) is 2.39. The first-order valence-corrected chi connectivity index (χ1v) is 8.21. The second-order valence-electron chi connectivity index (χ2n) is 5.36. The number of piperidine rings is 1. The fraction of sp³-hybridized carbons (Fsp3) is 0.533. The van der Waals surface area contributed by atoms with E-state index >= 15 is 0 Å². The summed E-state index contributed by atoms with van der Waals surface area (Å²) in [5.41, 5.74) is 0.528. The van der Waals surface area contributed by atoms with Crippen molar-refractivity contribution in [2.45, 2.75) is 32.2 Å². The molecule has 20 heavy (non-hydrogen) atoms. The van der Waals surface area contributed by atoms with E-state index in [1.807, 2.05) is 13.0 Å². The molecule has 1 aromatic carbocycles.